The zero-order valence-corrected chi connectivity index (χ0v) is 13.3. The van der Waals surface area contributed by atoms with E-state index in [2.05, 4.69) is 15.0 Å². The molecule has 0 bridgehead atoms. The van der Waals surface area contributed by atoms with Crippen LogP contribution in [-0.4, -0.2) is 31.1 Å². The van der Waals surface area contributed by atoms with Crippen LogP contribution in [0.3, 0.4) is 0 Å². The molecule has 0 radical (unpaired) electrons. The smallest absolute Gasteiger partial charge is 0.341 e. The molecule has 0 saturated carbocycles. The summed E-state index contributed by atoms with van der Waals surface area (Å²) in [5, 5.41) is 22.1. The highest BCUT2D eigenvalue weighted by Gasteiger charge is 2.16. The summed E-state index contributed by atoms with van der Waals surface area (Å²) in [7, 11) is 0. The summed E-state index contributed by atoms with van der Waals surface area (Å²) in [4.78, 5) is 24.8. The molecule has 0 aliphatic carbocycles. The van der Waals surface area contributed by atoms with Gasteiger partial charge in [-0.3, -0.25) is 4.98 Å². The summed E-state index contributed by atoms with van der Waals surface area (Å²) in [6.45, 7) is 3.88. The summed E-state index contributed by atoms with van der Waals surface area (Å²) < 4.78 is 0. The summed E-state index contributed by atoms with van der Waals surface area (Å²) in [6.07, 6.45) is 1.14. The minimum atomic E-state index is -1.22. The van der Waals surface area contributed by atoms with Crippen LogP contribution in [0.15, 0.2) is 17.6 Å². The number of aromatic hydroxyl groups is 1. The van der Waals surface area contributed by atoms with Gasteiger partial charge in [-0.1, -0.05) is 0 Å². The normalized spacial score (nSPS) is 10.8. The first-order valence-corrected chi connectivity index (χ1v) is 7.98. The summed E-state index contributed by atoms with van der Waals surface area (Å²) in [5.74, 6) is -1.54. The monoisotopic (exact) mass is 333 g/mol. The van der Waals surface area contributed by atoms with Crippen LogP contribution in [-0.2, 0) is 0 Å². The van der Waals surface area contributed by atoms with E-state index in [1.807, 2.05) is 19.2 Å². The first-order chi connectivity index (χ1) is 10.5. The Morgan fingerprint density at radius 2 is 2.00 bits per heavy atom. The second-order valence-corrected chi connectivity index (χ2v) is 6.64. The van der Waals surface area contributed by atoms with Crippen molar-refractivity contribution in [2.45, 2.75) is 13.8 Å². The largest absolute Gasteiger partial charge is 0.507 e. The molecule has 3 rings (SSSR count). The van der Waals surface area contributed by atoms with Gasteiger partial charge < -0.3 is 10.2 Å². The van der Waals surface area contributed by atoms with Crippen LogP contribution < -0.4 is 0 Å². The zero-order chi connectivity index (χ0) is 15.9. The molecule has 3 aromatic heterocycles. The number of hydrogen-bond donors (Lipinski definition) is 2. The number of thiazole rings is 2. The third-order valence-corrected chi connectivity index (χ3v) is 4.93. The van der Waals surface area contributed by atoms with Crippen molar-refractivity contribution >= 4 is 28.6 Å². The lowest BCUT2D eigenvalue weighted by molar-refractivity contribution is 0.0693. The fourth-order valence-corrected chi connectivity index (χ4v) is 3.72. The number of carbonyl (C=O) groups is 1. The topological polar surface area (TPSA) is 96.2 Å². The van der Waals surface area contributed by atoms with Crippen LogP contribution in [0.4, 0.5) is 0 Å². The van der Waals surface area contributed by atoms with Crippen LogP contribution in [0, 0.1) is 13.8 Å². The molecule has 0 saturated heterocycles. The van der Waals surface area contributed by atoms with Crippen LogP contribution in [0.2, 0.25) is 0 Å². The standard InChI is InChI=1S/C14H11N3O3S2/c1-6-12(22-7(2)16-6)10-5-21-13(17-10)9-3-11(18)8(4-15-9)14(19)20/h3-5H,1-2H3,(H,15,18)(H,19,20). The Hall–Kier alpha value is -2.32. The van der Waals surface area contributed by atoms with E-state index >= 15 is 0 Å². The van der Waals surface area contributed by atoms with E-state index in [0.717, 1.165) is 27.5 Å². The zero-order valence-electron chi connectivity index (χ0n) is 11.7. The third kappa shape index (κ3) is 2.58. The van der Waals surface area contributed by atoms with Crippen molar-refractivity contribution in [3.8, 4) is 27.0 Å². The van der Waals surface area contributed by atoms with Gasteiger partial charge in [-0.25, -0.2) is 14.8 Å². The van der Waals surface area contributed by atoms with E-state index < -0.39 is 5.97 Å². The summed E-state index contributed by atoms with van der Waals surface area (Å²) in [5.41, 5.74) is 1.95. The molecular weight excluding hydrogens is 322 g/mol. The molecule has 22 heavy (non-hydrogen) atoms. The van der Waals surface area contributed by atoms with Crippen LogP contribution in [0.25, 0.3) is 21.3 Å². The van der Waals surface area contributed by atoms with Crippen molar-refractivity contribution in [3.05, 3.63) is 33.9 Å². The van der Waals surface area contributed by atoms with Gasteiger partial charge in [-0.2, -0.15) is 0 Å². The van der Waals surface area contributed by atoms with E-state index in [4.69, 9.17) is 5.11 Å². The molecule has 0 atom stereocenters. The van der Waals surface area contributed by atoms with Crippen molar-refractivity contribution in [1.29, 1.82) is 0 Å². The number of pyridine rings is 1. The van der Waals surface area contributed by atoms with Gasteiger partial charge in [0.25, 0.3) is 0 Å². The Balaban J connectivity index is 1.99. The van der Waals surface area contributed by atoms with Gasteiger partial charge in [-0.15, -0.1) is 22.7 Å². The van der Waals surface area contributed by atoms with Gasteiger partial charge in [0.1, 0.15) is 22.0 Å². The van der Waals surface area contributed by atoms with Crippen LogP contribution in [0.1, 0.15) is 21.1 Å². The predicted molar refractivity (Wildman–Crippen MR) is 84.6 cm³/mol. The van der Waals surface area contributed by atoms with Crippen molar-refractivity contribution in [2.24, 2.45) is 0 Å². The van der Waals surface area contributed by atoms with Crippen LogP contribution >= 0.6 is 22.7 Å². The Labute approximate surface area is 133 Å². The SMILES string of the molecule is Cc1nc(C)c(-c2csc(-c3cc(O)c(C(=O)O)cn3)n2)s1. The maximum atomic E-state index is 10.9. The highest BCUT2D eigenvalue weighted by atomic mass is 32.1. The van der Waals surface area contributed by atoms with E-state index in [1.54, 1.807) is 11.3 Å². The Kier molecular flexibility index (Phi) is 3.63. The Morgan fingerprint density at radius 3 is 2.59 bits per heavy atom. The highest BCUT2D eigenvalue weighted by molar-refractivity contribution is 7.16. The lowest BCUT2D eigenvalue weighted by Gasteiger charge is -2.00. The van der Waals surface area contributed by atoms with E-state index in [1.165, 1.54) is 17.4 Å². The van der Waals surface area contributed by atoms with Gasteiger partial charge in [-0.05, 0) is 13.8 Å². The lowest BCUT2D eigenvalue weighted by Crippen LogP contribution is -1.98. The number of aryl methyl sites for hydroxylation is 2. The van der Waals surface area contributed by atoms with Crippen molar-refractivity contribution in [3.63, 3.8) is 0 Å². The molecule has 2 N–H and O–H groups in total. The number of nitrogens with zero attached hydrogens (tertiary/aromatic N) is 3. The molecule has 0 amide bonds. The molecule has 3 heterocycles. The molecule has 3 aromatic rings. The Morgan fingerprint density at radius 1 is 1.23 bits per heavy atom. The average molecular weight is 333 g/mol. The van der Waals surface area contributed by atoms with Gasteiger partial charge in [0.15, 0.2) is 0 Å². The Bertz CT molecular complexity index is 870. The molecule has 0 unspecified atom stereocenters. The quantitative estimate of drug-likeness (QED) is 0.763. The lowest BCUT2D eigenvalue weighted by atomic mass is 10.2. The number of hydrogen-bond acceptors (Lipinski definition) is 7. The molecular formula is C14H11N3O3S2. The van der Waals surface area contributed by atoms with Crippen molar-refractivity contribution in [1.82, 2.24) is 15.0 Å². The molecule has 112 valence electrons. The van der Waals surface area contributed by atoms with Gasteiger partial charge in [0.2, 0.25) is 0 Å². The maximum Gasteiger partial charge on any atom is 0.341 e. The fraction of sp³-hybridized carbons (Fsp3) is 0.143. The van der Waals surface area contributed by atoms with Gasteiger partial charge in [0.05, 0.1) is 21.3 Å². The minimum Gasteiger partial charge on any atom is -0.507 e. The number of carboxylic acid groups (broad SMARTS) is 1. The first-order valence-electron chi connectivity index (χ1n) is 6.28. The van der Waals surface area contributed by atoms with Crippen molar-refractivity contribution in [2.75, 3.05) is 0 Å². The number of rotatable bonds is 3. The molecule has 0 aliphatic heterocycles. The first kappa shape index (κ1) is 14.6. The minimum absolute atomic E-state index is 0.227. The second kappa shape index (κ2) is 5.47. The predicted octanol–water partition coefficient (Wildman–Crippen LogP) is 3.35. The number of aromatic carboxylic acids is 1. The molecule has 0 fully saturated rings. The van der Waals surface area contributed by atoms with Crippen LogP contribution in [0.5, 0.6) is 5.75 Å². The number of carboxylic acids is 1. The molecule has 6 nitrogen and oxygen atoms in total. The van der Waals surface area contributed by atoms with Gasteiger partial charge in [0, 0.05) is 17.6 Å². The molecule has 8 heteroatoms. The second-order valence-electron chi connectivity index (χ2n) is 4.58. The summed E-state index contributed by atoms with van der Waals surface area (Å²) in [6, 6.07) is 1.32. The highest BCUT2D eigenvalue weighted by Crippen LogP contribution is 2.34. The fourth-order valence-electron chi connectivity index (χ4n) is 1.99. The van der Waals surface area contributed by atoms with E-state index in [0.29, 0.717) is 10.7 Å². The molecule has 0 aromatic carbocycles. The van der Waals surface area contributed by atoms with E-state index in [-0.39, 0.29) is 11.3 Å². The molecule has 0 aliphatic rings. The number of aromatic nitrogens is 3. The van der Waals surface area contributed by atoms with E-state index in [9.17, 15) is 9.90 Å². The van der Waals surface area contributed by atoms with Gasteiger partial charge >= 0.3 is 5.97 Å². The molecule has 0 spiro atoms. The van der Waals surface area contributed by atoms with Crippen molar-refractivity contribution < 1.29 is 15.0 Å². The third-order valence-electron chi connectivity index (χ3n) is 2.97. The average Bonchev–Trinajstić information content (AvgIpc) is 3.04. The summed E-state index contributed by atoms with van der Waals surface area (Å²) >= 11 is 2.96. The maximum absolute atomic E-state index is 10.9.